The molecule has 2 rings (SSSR count). The third kappa shape index (κ3) is 2.86. The van der Waals surface area contributed by atoms with Crippen molar-refractivity contribution < 1.29 is 0 Å². The molecule has 2 aromatic rings. The summed E-state index contributed by atoms with van der Waals surface area (Å²) < 4.78 is 0. The van der Waals surface area contributed by atoms with Crippen molar-refractivity contribution in [3.05, 3.63) is 45.9 Å². The third-order valence-corrected chi connectivity index (χ3v) is 3.81. The molecule has 1 aromatic heterocycles. The number of thiazole rings is 1. The van der Waals surface area contributed by atoms with Gasteiger partial charge in [0.2, 0.25) is 0 Å². The van der Waals surface area contributed by atoms with E-state index in [4.69, 9.17) is 18.0 Å². The number of hydrogen-bond donors (Lipinski definition) is 2. The van der Waals surface area contributed by atoms with Crippen molar-refractivity contribution in [2.45, 2.75) is 19.9 Å². The highest BCUT2D eigenvalue weighted by Gasteiger charge is 2.11. The predicted molar refractivity (Wildman–Crippen MR) is 81.2 cm³/mol. The maximum Gasteiger partial charge on any atom is 0.115 e. The maximum absolute atomic E-state index is 5.74. The molecule has 0 radical (unpaired) electrons. The average molecular weight is 277 g/mol. The van der Waals surface area contributed by atoms with Gasteiger partial charge in [0, 0.05) is 22.8 Å². The molecule has 1 heterocycles. The number of nitrogens with zero attached hydrogens (tertiary/aromatic N) is 1. The highest BCUT2D eigenvalue weighted by molar-refractivity contribution is 7.80. The van der Waals surface area contributed by atoms with Crippen molar-refractivity contribution in [3.8, 4) is 0 Å². The Balaban J connectivity index is 2.28. The summed E-state index contributed by atoms with van der Waals surface area (Å²) in [5, 5.41) is 6.43. The Bertz CT molecular complexity index is 549. The first-order chi connectivity index (χ1) is 8.58. The van der Waals surface area contributed by atoms with Crippen LogP contribution in [0.1, 0.15) is 29.1 Å². The van der Waals surface area contributed by atoms with Crippen molar-refractivity contribution in [1.29, 1.82) is 0 Å². The average Bonchev–Trinajstić information content (AvgIpc) is 2.81. The van der Waals surface area contributed by atoms with Gasteiger partial charge in [-0.25, -0.2) is 4.98 Å². The molecule has 0 saturated heterocycles. The summed E-state index contributed by atoms with van der Waals surface area (Å²) in [6.07, 6.45) is 1.81. The van der Waals surface area contributed by atoms with Gasteiger partial charge in [-0.2, -0.15) is 0 Å². The number of anilines is 1. The minimum Gasteiger partial charge on any atom is -0.389 e. The van der Waals surface area contributed by atoms with Crippen molar-refractivity contribution in [2.24, 2.45) is 5.73 Å². The molecule has 1 unspecified atom stereocenters. The van der Waals surface area contributed by atoms with Crippen molar-refractivity contribution >= 4 is 34.2 Å². The van der Waals surface area contributed by atoms with Gasteiger partial charge in [0.25, 0.3) is 0 Å². The van der Waals surface area contributed by atoms with E-state index in [0.717, 1.165) is 16.3 Å². The first kappa shape index (κ1) is 13.0. The number of thiocarbonyl (C=S) groups is 1. The Morgan fingerprint density at radius 3 is 2.89 bits per heavy atom. The second kappa shape index (κ2) is 5.46. The fourth-order valence-electron chi connectivity index (χ4n) is 1.74. The van der Waals surface area contributed by atoms with Crippen LogP contribution in [-0.2, 0) is 0 Å². The fourth-order valence-corrected chi connectivity index (χ4v) is 2.56. The largest absolute Gasteiger partial charge is 0.389 e. The van der Waals surface area contributed by atoms with Crippen LogP contribution in [0.3, 0.4) is 0 Å². The van der Waals surface area contributed by atoms with Crippen LogP contribution in [0.4, 0.5) is 5.69 Å². The van der Waals surface area contributed by atoms with Gasteiger partial charge in [-0.05, 0) is 31.5 Å². The summed E-state index contributed by atoms with van der Waals surface area (Å²) in [6.45, 7) is 4.12. The van der Waals surface area contributed by atoms with Gasteiger partial charge < -0.3 is 11.1 Å². The lowest BCUT2D eigenvalue weighted by Crippen LogP contribution is -2.15. The molecule has 0 saturated carbocycles. The molecule has 3 nitrogen and oxygen atoms in total. The Hall–Kier alpha value is -1.46. The van der Waals surface area contributed by atoms with Gasteiger partial charge >= 0.3 is 0 Å². The van der Waals surface area contributed by atoms with E-state index in [1.54, 1.807) is 11.3 Å². The van der Waals surface area contributed by atoms with Crippen LogP contribution in [0.25, 0.3) is 0 Å². The molecule has 0 aliphatic rings. The Morgan fingerprint density at radius 2 is 2.28 bits per heavy atom. The molecule has 0 aliphatic carbocycles. The molecule has 0 fully saturated rings. The summed E-state index contributed by atoms with van der Waals surface area (Å²) >= 11 is 6.70. The van der Waals surface area contributed by atoms with E-state index in [0.29, 0.717) is 4.99 Å². The van der Waals surface area contributed by atoms with Gasteiger partial charge in [0.05, 0.1) is 6.04 Å². The standard InChI is InChI=1S/C13H15N3S2/c1-8-3-4-10(12(14)17)11(7-8)16-9(2)13-15-5-6-18-13/h3-7,9,16H,1-2H3,(H2,14,17). The Labute approximate surface area is 116 Å². The highest BCUT2D eigenvalue weighted by atomic mass is 32.1. The molecule has 1 aromatic carbocycles. The number of nitrogens with two attached hydrogens (primary N) is 1. The first-order valence-electron chi connectivity index (χ1n) is 5.64. The smallest absolute Gasteiger partial charge is 0.115 e. The van der Waals surface area contributed by atoms with Crippen LogP contribution in [0.15, 0.2) is 29.8 Å². The quantitative estimate of drug-likeness (QED) is 0.842. The second-order valence-corrected chi connectivity index (χ2v) is 5.52. The zero-order valence-electron chi connectivity index (χ0n) is 10.3. The van der Waals surface area contributed by atoms with E-state index in [2.05, 4.69) is 23.3 Å². The molecule has 0 spiro atoms. The van der Waals surface area contributed by atoms with Crippen molar-refractivity contribution in [2.75, 3.05) is 5.32 Å². The predicted octanol–water partition coefficient (Wildman–Crippen LogP) is 3.26. The molecule has 1 atom stereocenters. The molecule has 5 heteroatoms. The van der Waals surface area contributed by atoms with Gasteiger partial charge in [0.1, 0.15) is 10.00 Å². The molecule has 0 aliphatic heterocycles. The zero-order chi connectivity index (χ0) is 13.1. The number of rotatable bonds is 4. The van der Waals surface area contributed by atoms with Gasteiger partial charge in [0.15, 0.2) is 0 Å². The summed E-state index contributed by atoms with van der Waals surface area (Å²) in [5.41, 5.74) is 8.74. The summed E-state index contributed by atoms with van der Waals surface area (Å²) in [7, 11) is 0. The molecule has 18 heavy (non-hydrogen) atoms. The van der Waals surface area contributed by atoms with E-state index in [1.165, 1.54) is 5.56 Å². The molecular formula is C13H15N3S2. The van der Waals surface area contributed by atoms with E-state index < -0.39 is 0 Å². The second-order valence-electron chi connectivity index (χ2n) is 4.15. The fraction of sp³-hybridized carbons (Fsp3) is 0.231. The lowest BCUT2D eigenvalue weighted by atomic mass is 10.1. The normalized spacial score (nSPS) is 12.1. The Morgan fingerprint density at radius 1 is 1.50 bits per heavy atom. The number of nitrogens with one attached hydrogen (secondary N) is 1. The van der Waals surface area contributed by atoms with Crippen LogP contribution >= 0.6 is 23.6 Å². The van der Waals surface area contributed by atoms with Crippen LogP contribution in [-0.4, -0.2) is 9.97 Å². The first-order valence-corrected chi connectivity index (χ1v) is 6.93. The maximum atomic E-state index is 5.74. The number of hydrogen-bond acceptors (Lipinski definition) is 4. The van der Waals surface area contributed by atoms with Crippen molar-refractivity contribution in [1.82, 2.24) is 4.98 Å². The lowest BCUT2D eigenvalue weighted by molar-refractivity contribution is 0.869. The zero-order valence-corrected chi connectivity index (χ0v) is 11.9. The molecule has 0 amide bonds. The monoisotopic (exact) mass is 277 g/mol. The summed E-state index contributed by atoms with van der Waals surface area (Å²) in [4.78, 5) is 4.71. The van der Waals surface area contributed by atoms with E-state index >= 15 is 0 Å². The van der Waals surface area contributed by atoms with Crippen LogP contribution in [0.2, 0.25) is 0 Å². The molecular weight excluding hydrogens is 262 g/mol. The molecule has 0 bridgehead atoms. The van der Waals surface area contributed by atoms with E-state index in [-0.39, 0.29) is 6.04 Å². The summed E-state index contributed by atoms with van der Waals surface area (Å²) in [6, 6.07) is 6.15. The van der Waals surface area contributed by atoms with Gasteiger partial charge in [-0.1, -0.05) is 18.3 Å². The topological polar surface area (TPSA) is 50.9 Å². The van der Waals surface area contributed by atoms with Crippen LogP contribution in [0.5, 0.6) is 0 Å². The number of benzene rings is 1. The lowest BCUT2D eigenvalue weighted by Gasteiger charge is -2.16. The summed E-state index contributed by atoms with van der Waals surface area (Å²) in [5.74, 6) is 0. The third-order valence-electron chi connectivity index (χ3n) is 2.63. The van der Waals surface area contributed by atoms with Gasteiger partial charge in [-0.15, -0.1) is 11.3 Å². The SMILES string of the molecule is Cc1ccc(C(N)=S)c(NC(C)c2nccs2)c1. The molecule has 3 N–H and O–H groups in total. The van der Waals surface area contributed by atoms with Crippen LogP contribution < -0.4 is 11.1 Å². The van der Waals surface area contributed by atoms with E-state index in [1.807, 2.05) is 30.6 Å². The number of aryl methyl sites for hydroxylation is 1. The highest BCUT2D eigenvalue weighted by Crippen LogP contribution is 2.24. The Kier molecular flexibility index (Phi) is 3.93. The number of aromatic nitrogens is 1. The van der Waals surface area contributed by atoms with Gasteiger partial charge in [-0.3, -0.25) is 0 Å². The minimum atomic E-state index is 0.139. The minimum absolute atomic E-state index is 0.139. The molecule has 94 valence electrons. The van der Waals surface area contributed by atoms with E-state index in [9.17, 15) is 0 Å². The van der Waals surface area contributed by atoms with Crippen LogP contribution in [0, 0.1) is 6.92 Å². The van der Waals surface area contributed by atoms with Crippen molar-refractivity contribution in [3.63, 3.8) is 0 Å².